The van der Waals surface area contributed by atoms with Crippen LogP contribution in [0.2, 0.25) is 5.02 Å². The summed E-state index contributed by atoms with van der Waals surface area (Å²) in [6.45, 7) is 5.14. The van der Waals surface area contributed by atoms with Gasteiger partial charge in [0.15, 0.2) is 0 Å². The second kappa shape index (κ2) is 5.91. The number of nitrogens with one attached hydrogen (secondary N) is 1. The van der Waals surface area contributed by atoms with E-state index in [0.29, 0.717) is 6.04 Å². The first kappa shape index (κ1) is 13.0. The minimum atomic E-state index is 0.362. The van der Waals surface area contributed by atoms with E-state index in [1.165, 1.54) is 5.56 Å². The van der Waals surface area contributed by atoms with Crippen LogP contribution in [0.4, 0.5) is 5.69 Å². The third-order valence-corrected chi connectivity index (χ3v) is 3.08. The van der Waals surface area contributed by atoms with Crippen LogP contribution in [0.1, 0.15) is 19.4 Å². The summed E-state index contributed by atoms with van der Waals surface area (Å²) in [5.41, 5.74) is 2.35. The molecule has 0 bridgehead atoms. The average molecular weight is 264 g/mol. The van der Waals surface area contributed by atoms with Gasteiger partial charge in [-0.15, -0.1) is 0 Å². The van der Waals surface area contributed by atoms with E-state index in [0.717, 1.165) is 23.7 Å². The van der Waals surface area contributed by atoms with Crippen LogP contribution in [0, 0.1) is 0 Å². The van der Waals surface area contributed by atoms with Gasteiger partial charge < -0.3 is 5.32 Å². The topological polar surface area (TPSA) is 29.9 Å². The summed E-state index contributed by atoms with van der Waals surface area (Å²) < 4.78 is 1.91. The number of hydrogen-bond acceptors (Lipinski definition) is 2. The van der Waals surface area contributed by atoms with Gasteiger partial charge in [-0.2, -0.15) is 5.10 Å². The molecule has 4 heteroatoms. The number of aromatic nitrogens is 2. The molecule has 0 amide bonds. The van der Waals surface area contributed by atoms with Crippen molar-refractivity contribution >= 4 is 17.3 Å². The summed E-state index contributed by atoms with van der Waals surface area (Å²) in [4.78, 5) is 0. The lowest BCUT2D eigenvalue weighted by molar-refractivity contribution is 0.659. The molecule has 0 spiro atoms. The van der Waals surface area contributed by atoms with Crippen LogP contribution in [0.15, 0.2) is 36.7 Å². The van der Waals surface area contributed by atoms with E-state index in [4.69, 9.17) is 11.6 Å². The smallest absolute Gasteiger partial charge is 0.0728 e. The Balaban J connectivity index is 1.91. The fourth-order valence-electron chi connectivity index (χ4n) is 1.92. The van der Waals surface area contributed by atoms with E-state index >= 15 is 0 Å². The van der Waals surface area contributed by atoms with E-state index in [2.05, 4.69) is 36.4 Å². The lowest BCUT2D eigenvalue weighted by atomic mass is 10.1. The van der Waals surface area contributed by atoms with Gasteiger partial charge in [-0.25, -0.2) is 0 Å². The SMILES string of the molecule is CCn1cc(NC(C)Cc2ccc(Cl)cc2)cn1. The van der Waals surface area contributed by atoms with Crippen molar-refractivity contribution in [2.45, 2.75) is 32.9 Å². The van der Waals surface area contributed by atoms with Gasteiger partial charge in [-0.3, -0.25) is 4.68 Å². The first-order chi connectivity index (χ1) is 8.67. The van der Waals surface area contributed by atoms with Gasteiger partial charge in [0, 0.05) is 23.8 Å². The lowest BCUT2D eigenvalue weighted by Crippen LogP contribution is -2.17. The fourth-order valence-corrected chi connectivity index (χ4v) is 2.05. The van der Waals surface area contributed by atoms with Gasteiger partial charge >= 0.3 is 0 Å². The normalized spacial score (nSPS) is 12.4. The van der Waals surface area contributed by atoms with Crippen molar-refractivity contribution < 1.29 is 0 Å². The molecule has 18 heavy (non-hydrogen) atoms. The minimum Gasteiger partial charge on any atom is -0.380 e. The van der Waals surface area contributed by atoms with Crippen LogP contribution in [0.3, 0.4) is 0 Å². The molecule has 2 rings (SSSR count). The monoisotopic (exact) mass is 263 g/mol. The Kier molecular flexibility index (Phi) is 4.26. The van der Waals surface area contributed by atoms with Crippen LogP contribution in [-0.4, -0.2) is 15.8 Å². The standard InChI is InChI=1S/C14H18ClN3/c1-3-18-10-14(9-16-18)17-11(2)8-12-4-6-13(15)7-5-12/h4-7,9-11,17H,3,8H2,1-2H3. The molecule has 1 unspecified atom stereocenters. The van der Waals surface area contributed by atoms with Crippen molar-refractivity contribution in [2.24, 2.45) is 0 Å². The number of benzene rings is 1. The van der Waals surface area contributed by atoms with Crippen molar-refractivity contribution in [3.63, 3.8) is 0 Å². The highest BCUT2D eigenvalue weighted by Crippen LogP contribution is 2.13. The molecular weight excluding hydrogens is 246 g/mol. The molecule has 0 saturated carbocycles. The maximum atomic E-state index is 5.87. The molecule has 96 valence electrons. The molecular formula is C14H18ClN3. The summed E-state index contributed by atoms with van der Waals surface area (Å²) >= 11 is 5.87. The quantitative estimate of drug-likeness (QED) is 0.893. The van der Waals surface area contributed by atoms with Crippen LogP contribution in [-0.2, 0) is 13.0 Å². The summed E-state index contributed by atoms with van der Waals surface area (Å²) in [5, 5.41) is 8.47. The molecule has 1 aromatic heterocycles. The highest BCUT2D eigenvalue weighted by Gasteiger charge is 2.05. The van der Waals surface area contributed by atoms with Crippen LogP contribution < -0.4 is 5.32 Å². The molecule has 1 aromatic carbocycles. The zero-order valence-electron chi connectivity index (χ0n) is 10.7. The van der Waals surface area contributed by atoms with E-state index in [9.17, 15) is 0 Å². The largest absolute Gasteiger partial charge is 0.380 e. The Morgan fingerprint density at radius 2 is 2.06 bits per heavy atom. The first-order valence-electron chi connectivity index (χ1n) is 6.21. The number of aryl methyl sites for hydroxylation is 1. The summed E-state index contributed by atoms with van der Waals surface area (Å²) in [6.07, 6.45) is 4.86. The average Bonchev–Trinajstić information content (AvgIpc) is 2.79. The molecule has 1 heterocycles. The maximum absolute atomic E-state index is 5.87. The molecule has 0 aliphatic heterocycles. The van der Waals surface area contributed by atoms with Gasteiger partial charge in [0.05, 0.1) is 11.9 Å². The van der Waals surface area contributed by atoms with Gasteiger partial charge in [-0.1, -0.05) is 23.7 Å². The maximum Gasteiger partial charge on any atom is 0.0728 e. The molecule has 0 aliphatic carbocycles. The number of nitrogens with zero attached hydrogens (tertiary/aromatic N) is 2. The molecule has 0 radical (unpaired) electrons. The highest BCUT2D eigenvalue weighted by atomic mass is 35.5. The molecule has 1 N–H and O–H groups in total. The summed E-state index contributed by atoms with van der Waals surface area (Å²) in [6, 6.07) is 8.35. The molecule has 0 fully saturated rings. The van der Waals surface area contributed by atoms with Crippen LogP contribution >= 0.6 is 11.6 Å². The number of anilines is 1. The van der Waals surface area contributed by atoms with Crippen molar-refractivity contribution in [2.75, 3.05) is 5.32 Å². The number of halogens is 1. The third-order valence-electron chi connectivity index (χ3n) is 2.83. The van der Waals surface area contributed by atoms with Gasteiger partial charge in [-0.05, 0) is 38.0 Å². The molecule has 3 nitrogen and oxygen atoms in total. The Morgan fingerprint density at radius 1 is 1.33 bits per heavy atom. The van der Waals surface area contributed by atoms with Crippen LogP contribution in [0.5, 0.6) is 0 Å². The Labute approximate surface area is 113 Å². The van der Waals surface area contributed by atoms with Crippen molar-refractivity contribution in [3.8, 4) is 0 Å². The zero-order valence-corrected chi connectivity index (χ0v) is 11.5. The van der Waals surface area contributed by atoms with E-state index in [-0.39, 0.29) is 0 Å². The number of rotatable bonds is 5. The molecule has 2 aromatic rings. The predicted molar refractivity (Wildman–Crippen MR) is 76.1 cm³/mol. The van der Waals surface area contributed by atoms with E-state index in [1.54, 1.807) is 0 Å². The Hall–Kier alpha value is -1.48. The van der Waals surface area contributed by atoms with Gasteiger partial charge in [0.2, 0.25) is 0 Å². The molecule has 1 atom stereocenters. The minimum absolute atomic E-state index is 0.362. The van der Waals surface area contributed by atoms with E-state index < -0.39 is 0 Å². The van der Waals surface area contributed by atoms with Crippen molar-refractivity contribution in [1.29, 1.82) is 0 Å². The molecule has 0 saturated heterocycles. The molecule has 0 aliphatic rings. The lowest BCUT2D eigenvalue weighted by Gasteiger charge is -2.13. The van der Waals surface area contributed by atoms with Crippen molar-refractivity contribution in [1.82, 2.24) is 9.78 Å². The van der Waals surface area contributed by atoms with E-state index in [1.807, 2.05) is 29.2 Å². The van der Waals surface area contributed by atoms with Crippen molar-refractivity contribution in [3.05, 3.63) is 47.2 Å². The van der Waals surface area contributed by atoms with Crippen LogP contribution in [0.25, 0.3) is 0 Å². The highest BCUT2D eigenvalue weighted by molar-refractivity contribution is 6.30. The zero-order chi connectivity index (χ0) is 13.0. The summed E-state index contributed by atoms with van der Waals surface area (Å²) in [7, 11) is 0. The fraction of sp³-hybridized carbons (Fsp3) is 0.357. The Bertz CT molecular complexity index is 490. The second-order valence-corrected chi connectivity index (χ2v) is 4.90. The van der Waals surface area contributed by atoms with Gasteiger partial charge in [0.25, 0.3) is 0 Å². The predicted octanol–water partition coefficient (Wildman–Crippen LogP) is 3.60. The third kappa shape index (κ3) is 3.50. The number of hydrogen-bond donors (Lipinski definition) is 1. The van der Waals surface area contributed by atoms with Gasteiger partial charge in [0.1, 0.15) is 0 Å². The Morgan fingerprint density at radius 3 is 2.67 bits per heavy atom. The second-order valence-electron chi connectivity index (χ2n) is 4.46. The first-order valence-corrected chi connectivity index (χ1v) is 6.58. The summed E-state index contributed by atoms with van der Waals surface area (Å²) in [5.74, 6) is 0.